The van der Waals surface area contributed by atoms with Crippen molar-refractivity contribution in [3.63, 3.8) is 0 Å². The molecule has 0 unspecified atom stereocenters. The van der Waals surface area contributed by atoms with Gasteiger partial charge in [-0.1, -0.05) is 24.9 Å². The van der Waals surface area contributed by atoms with E-state index in [9.17, 15) is 0 Å². The van der Waals surface area contributed by atoms with Crippen molar-refractivity contribution in [1.82, 2.24) is 10.1 Å². The predicted molar refractivity (Wildman–Crippen MR) is 67.4 cm³/mol. The summed E-state index contributed by atoms with van der Waals surface area (Å²) in [5, 5.41) is 3.85. The molecule has 4 nitrogen and oxygen atoms in total. The van der Waals surface area contributed by atoms with Gasteiger partial charge in [0.2, 0.25) is 0 Å². The van der Waals surface area contributed by atoms with Crippen LogP contribution in [0.1, 0.15) is 31.9 Å². The number of nitrogens with two attached hydrogens (primary N) is 1. The van der Waals surface area contributed by atoms with Crippen molar-refractivity contribution in [2.24, 2.45) is 0 Å². The molecule has 4 heteroatoms. The van der Waals surface area contributed by atoms with Crippen LogP contribution in [0.3, 0.4) is 0 Å². The Morgan fingerprint density at radius 1 is 1.24 bits per heavy atom. The Hall–Kier alpha value is -1.84. The minimum absolute atomic E-state index is 0.461. The largest absolute Gasteiger partial charge is 0.380 e. The summed E-state index contributed by atoms with van der Waals surface area (Å²) in [6.45, 7) is 2.18. The number of aryl methyl sites for hydroxylation is 1. The number of hydrogen-bond acceptors (Lipinski definition) is 4. The van der Waals surface area contributed by atoms with Crippen LogP contribution in [0.25, 0.3) is 11.1 Å². The Morgan fingerprint density at radius 3 is 2.71 bits per heavy atom. The summed E-state index contributed by atoms with van der Waals surface area (Å²) in [7, 11) is 0. The molecule has 0 saturated carbocycles. The average Bonchev–Trinajstić information content (AvgIpc) is 2.72. The Kier molecular flexibility index (Phi) is 3.75. The Balaban J connectivity index is 2.24. The molecule has 0 aromatic carbocycles. The monoisotopic (exact) mass is 231 g/mol. The molecule has 0 atom stereocenters. The molecular formula is C13H17N3O. The second-order valence-electron chi connectivity index (χ2n) is 4.06. The van der Waals surface area contributed by atoms with E-state index < -0.39 is 0 Å². The molecule has 0 amide bonds. The van der Waals surface area contributed by atoms with Crippen LogP contribution in [-0.2, 0) is 6.42 Å². The van der Waals surface area contributed by atoms with E-state index in [2.05, 4.69) is 17.1 Å². The van der Waals surface area contributed by atoms with Gasteiger partial charge in [0.25, 0.3) is 0 Å². The molecule has 0 radical (unpaired) electrons. The highest BCUT2D eigenvalue weighted by atomic mass is 16.5. The fourth-order valence-electron chi connectivity index (χ4n) is 1.87. The van der Waals surface area contributed by atoms with Crippen molar-refractivity contribution >= 4 is 5.82 Å². The minimum Gasteiger partial charge on any atom is -0.380 e. The summed E-state index contributed by atoms with van der Waals surface area (Å²) >= 11 is 0. The molecular weight excluding hydrogens is 214 g/mol. The summed E-state index contributed by atoms with van der Waals surface area (Å²) in [6.07, 6.45) is 7.86. The standard InChI is InChI=1S/C13H17N3O/c1-2-3-4-5-11-12(13(14)16-17-11)10-6-8-15-9-7-10/h6-9H,2-5H2,1H3,(H2,14,16). The molecule has 0 aliphatic carbocycles. The smallest absolute Gasteiger partial charge is 0.175 e. The van der Waals surface area contributed by atoms with Crippen molar-refractivity contribution < 1.29 is 4.52 Å². The van der Waals surface area contributed by atoms with E-state index in [1.807, 2.05) is 12.1 Å². The lowest BCUT2D eigenvalue weighted by Gasteiger charge is -2.01. The first-order chi connectivity index (χ1) is 8.33. The zero-order chi connectivity index (χ0) is 12.1. The number of hydrogen-bond donors (Lipinski definition) is 1. The minimum atomic E-state index is 0.461. The summed E-state index contributed by atoms with van der Waals surface area (Å²) in [5.74, 6) is 1.34. The third-order valence-electron chi connectivity index (χ3n) is 2.77. The zero-order valence-corrected chi connectivity index (χ0v) is 10.0. The van der Waals surface area contributed by atoms with Crippen LogP contribution in [0.15, 0.2) is 29.0 Å². The van der Waals surface area contributed by atoms with Crippen molar-refractivity contribution in [2.75, 3.05) is 5.73 Å². The van der Waals surface area contributed by atoms with Gasteiger partial charge in [0.05, 0.1) is 5.56 Å². The van der Waals surface area contributed by atoms with Crippen molar-refractivity contribution in [3.8, 4) is 11.1 Å². The molecule has 2 N–H and O–H groups in total. The van der Waals surface area contributed by atoms with Gasteiger partial charge in [-0.15, -0.1) is 0 Å². The Bertz CT molecular complexity index is 465. The maximum Gasteiger partial charge on any atom is 0.175 e. The molecule has 0 spiro atoms. The van der Waals surface area contributed by atoms with Crippen molar-refractivity contribution in [3.05, 3.63) is 30.3 Å². The highest BCUT2D eigenvalue weighted by molar-refractivity contribution is 5.75. The molecule has 2 aromatic rings. The zero-order valence-electron chi connectivity index (χ0n) is 10.0. The SMILES string of the molecule is CCCCCc1onc(N)c1-c1ccncc1. The van der Waals surface area contributed by atoms with E-state index in [1.165, 1.54) is 12.8 Å². The molecule has 2 aromatic heterocycles. The van der Waals surface area contributed by atoms with E-state index in [0.29, 0.717) is 5.82 Å². The second kappa shape index (κ2) is 5.48. The topological polar surface area (TPSA) is 64.9 Å². The Labute approximate surface area is 101 Å². The van der Waals surface area contributed by atoms with Gasteiger partial charge in [0, 0.05) is 18.8 Å². The first-order valence-corrected chi connectivity index (χ1v) is 5.97. The number of unbranched alkanes of at least 4 members (excludes halogenated alkanes) is 2. The van der Waals surface area contributed by atoms with Gasteiger partial charge in [0.15, 0.2) is 5.82 Å². The van der Waals surface area contributed by atoms with Gasteiger partial charge in [-0.3, -0.25) is 4.98 Å². The summed E-state index contributed by atoms with van der Waals surface area (Å²) in [6, 6.07) is 3.85. The van der Waals surface area contributed by atoms with E-state index in [1.54, 1.807) is 12.4 Å². The highest BCUT2D eigenvalue weighted by Gasteiger charge is 2.14. The van der Waals surface area contributed by atoms with Crippen molar-refractivity contribution in [1.29, 1.82) is 0 Å². The number of anilines is 1. The molecule has 2 heterocycles. The molecule has 90 valence electrons. The van der Waals surface area contributed by atoms with Gasteiger partial charge < -0.3 is 10.3 Å². The average molecular weight is 231 g/mol. The van der Waals surface area contributed by atoms with Crippen LogP contribution in [0.4, 0.5) is 5.82 Å². The van der Waals surface area contributed by atoms with Crippen LogP contribution in [-0.4, -0.2) is 10.1 Å². The summed E-state index contributed by atoms with van der Waals surface area (Å²) in [5.41, 5.74) is 7.79. The molecule has 0 fully saturated rings. The number of nitrogens with zero attached hydrogens (tertiary/aromatic N) is 2. The molecule has 2 rings (SSSR count). The molecule has 0 saturated heterocycles. The quantitative estimate of drug-likeness (QED) is 0.803. The summed E-state index contributed by atoms with van der Waals surface area (Å²) < 4.78 is 5.30. The predicted octanol–water partition coefficient (Wildman–Crippen LogP) is 3.05. The molecule has 0 aliphatic rings. The number of aromatic nitrogens is 2. The Morgan fingerprint density at radius 2 is 2.00 bits per heavy atom. The fourth-order valence-corrected chi connectivity index (χ4v) is 1.87. The summed E-state index contributed by atoms with van der Waals surface area (Å²) in [4.78, 5) is 4.00. The fraction of sp³-hybridized carbons (Fsp3) is 0.385. The van der Waals surface area contributed by atoms with E-state index >= 15 is 0 Å². The van der Waals surface area contributed by atoms with Crippen LogP contribution < -0.4 is 5.73 Å². The van der Waals surface area contributed by atoms with Crippen LogP contribution in [0, 0.1) is 0 Å². The normalized spacial score (nSPS) is 10.6. The third kappa shape index (κ3) is 2.64. The van der Waals surface area contributed by atoms with Crippen LogP contribution >= 0.6 is 0 Å². The van der Waals surface area contributed by atoms with Crippen LogP contribution in [0.5, 0.6) is 0 Å². The number of rotatable bonds is 5. The third-order valence-corrected chi connectivity index (χ3v) is 2.77. The van der Waals surface area contributed by atoms with E-state index in [0.717, 1.165) is 29.7 Å². The molecule has 0 aliphatic heterocycles. The number of pyridine rings is 1. The van der Waals surface area contributed by atoms with Crippen LogP contribution in [0.2, 0.25) is 0 Å². The lowest BCUT2D eigenvalue weighted by Crippen LogP contribution is -1.91. The van der Waals surface area contributed by atoms with Gasteiger partial charge >= 0.3 is 0 Å². The van der Waals surface area contributed by atoms with Gasteiger partial charge in [-0.05, 0) is 24.1 Å². The van der Waals surface area contributed by atoms with Gasteiger partial charge in [-0.25, -0.2) is 0 Å². The lowest BCUT2D eigenvalue weighted by molar-refractivity contribution is 0.382. The van der Waals surface area contributed by atoms with Gasteiger partial charge in [0.1, 0.15) is 5.76 Å². The number of nitrogen functional groups attached to an aromatic ring is 1. The maximum atomic E-state index is 5.85. The van der Waals surface area contributed by atoms with E-state index in [-0.39, 0.29) is 0 Å². The lowest BCUT2D eigenvalue weighted by atomic mass is 10.0. The van der Waals surface area contributed by atoms with Gasteiger partial charge in [-0.2, -0.15) is 0 Å². The van der Waals surface area contributed by atoms with Crippen molar-refractivity contribution in [2.45, 2.75) is 32.6 Å². The molecule has 17 heavy (non-hydrogen) atoms. The van der Waals surface area contributed by atoms with E-state index in [4.69, 9.17) is 10.3 Å². The highest BCUT2D eigenvalue weighted by Crippen LogP contribution is 2.30. The second-order valence-corrected chi connectivity index (χ2v) is 4.06. The first-order valence-electron chi connectivity index (χ1n) is 5.97. The maximum absolute atomic E-state index is 5.85. The molecule has 0 bridgehead atoms. The first kappa shape index (κ1) is 11.6.